The molecule has 298 valence electrons. The summed E-state index contributed by atoms with van der Waals surface area (Å²) in [5.41, 5.74) is 15.6. The average molecular weight is 807 g/mol. The predicted molar refractivity (Wildman–Crippen MR) is 266 cm³/mol. The lowest BCUT2D eigenvalue weighted by Gasteiger charge is -2.22. The van der Waals surface area contributed by atoms with Gasteiger partial charge in [0.2, 0.25) is 0 Å². The molecule has 1 atom stereocenters. The van der Waals surface area contributed by atoms with E-state index in [2.05, 4.69) is 204 Å². The molecule has 1 aromatic heterocycles. The molecule has 0 unspecified atom stereocenters. The van der Waals surface area contributed by atoms with E-state index in [1.807, 2.05) is 13.0 Å². The maximum atomic E-state index is 6.20. The number of rotatable bonds is 9. The van der Waals surface area contributed by atoms with E-state index in [0.717, 1.165) is 62.9 Å². The fraction of sp³-hybridized carbons (Fsp3) is 0.138. The van der Waals surface area contributed by atoms with Crippen LogP contribution in [0.25, 0.3) is 42.4 Å². The molecule has 6 aromatic rings. The van der Waals surface area contributed by atoms with Crippen LogP contribution in [-0.4, -0.2) is 11.5 Å². The van der Waals surface area contributed by atoms with Gasteiger partial charge < -0.3 is 0 Å². The van der Waals surface area contributed by atoms with Crippen LogP contribution >= 0.6 is 11.3 Å². The van der Waals surface area contributed by atoms with Gasteiger partial charge in [0.05, 0.1) is 11.4 Å². The number of nitrogens with zero attached hydrogens (tertiary/aromatic N) is 2. The van der Waals surface area contributed by atoms with Crippen molar-refractivity contribution >= 4 is 54.2 Å². The average Bonchev–Trinajstić information content (AvgIpc) is 3.49. The highest BCUT2D eigenvalue weighted by molar-refractivity contribution is 7.25. The highest BCUT2D eigenvalue weighted by atomic mass is 32.1. The highest BCUT2D eigenvalue weighted by Crippen LogP contribution is 2.40. The molecule has 1 aliphatic carbocycles. The van der Waals surface area contributed by atoms with Crippen LogP contribution in [0.3, 0.4) is 0 Å². The second kappa shape index (κ2) is 18.6. The Morgan fingerprint density at radius 3 is 2.25 bits per heavy atom. The highest BCUT2D eigenvalue weighted by Gasteiger charge is 2.23. The molecule has 0 fully saturated rings. The minimum Gasteiger partial charge on any atom is -0.232 e. The Morgan fingerprint density at radius 2 is 1.48 bits per heavy atom. The quantitative estimate of drug-likeness (QED) is 0.103. The van der Waals surface area contributed by atoms with Gasteiger partial charge in [-0.15, -0.1) is 17.8 Å². The first-order valence-corrected chi connectivity index (χ1v) is 21.9. The molecule has 3 heteroatoms. The Kier molecular flexibility index (Phi) is 12.5. The standard InChI is InChI=1S/C58H50N2S/c1-7-9-19-39(3)40(4)30-31-43(8-2)50-34-35-53-52(38-50)55-51(28-18-29-54(55)61-53)58-59-56(46-22-14-11-15-23-46)41(5)36-42(6)57(60-58)47-25-16-24-45(32-33-47)49-27-17-26-48(37-49)44-20-12-10-13-21-44/h2,7,9-31,33-35,37-38,41H,32,36H2,1,3-6H3/b9-7-,39-19+,40-30+,43-31+,57-42-,59-56+,60-58-/t41-/m1/s1. The SMILES string of the molecule is C#C\C(=C/C=C(C)/C(C)=C/C=C\C)c1ccc2sc3cccc(C4=N/C(C5=CCC(c6cccc(-c7ccccc7)c6)=CC=C5)=C(/C)C[C@@H](C)/C(c5ccccc5)=N\4)c3c2c1. The first kappa shape index (κ1) is 40.9. The lowest BCUT2D eigenvalue weighted by atomic mass is 9.89. The second-order valence-electron chi connectivity index (χ2n) is 15.8. The van der Waals surface area contributed by atoms with Crippen LogP contribution in [0.4, 0.5) is 0 Å². The molecule has 2 heterocycles. The number of amidine groups is 1. The fourth-order valence-corrected chi connectivity index (χ4v) is 9.27. The Hall–Kier alpha value is -6.86. The summed E-state index contributed by atoms with van der Waals surface area (Å²) in [5, 5.41) is 2.29. The summed E-state index contributed by atoms with van der Waals surface area (Å²) in [4.78, 5) is 11.2. The van der Waals surface area contributed by atoms with Gasteiger partial charge in [-0.1, -0.05) is 159 Å². The molecular formula is C58H50N2S. The van der Waals surface area contributed by atoms with Crippen LogP contribution in [0.2, 0.25) is 0 Å². The molecule has 0 spiro atoms. The number of fused-ring (bicyclic) bond motifs is 3. The summed E-state index contributed by atoms with van der Waals surface area (Å²) in [6.07, 6.45) is 27.2. The molecule has 0 amide bonds. The van der Waals surface area contributed by atoms with Crippen molar-refractivity contribution in [2.45, 2.75) is 47.5 Å². The summed E-state index contributed by atoms with van der Waals surface area (Å²) >= 11 is 1.79. The molecule has 2 nitrogen and oxygen atoms in total. The van der Waals surface area contributed by atoms with E-state index in [4.69, 9.17) is 16.4 Å². The third kappa shape index (κ3) is 9.02. The van der Waals surface area contributed by atoms with E-state index < -0.39 is 0 Å². The van der Waals surface area contributed by atoms with Crippen LogP contribution in [0.5, 0.6) is 0 Å². The van der Waals surface area contributed by atoms with Crippen molar-refractivity contribution < 1.29 is 0 Å². The molecule has 0 radical (unpaired) electrons. The number of benzene rings is 5. The Bertz CT molecular complexity index is 3000. The van der Waals surface area contributed by atoms with Crippen molar-refractivity contribution in [3.63, 3.8) is 0 Å². The Labute approximate surface area is 365 Å². The lowest BCUT2D eigenvalue weighted by molar-refractivity contribution is 0.750. The van der Waals surface area contributed by atoms with Crippen molar-refractivity contribution in [3.05, 3.63) is 226 Å². The first-order chi connectivity index (χ1) is 29.8. The zero-order valence-corrected chi connectivity index (χ0v) is 36.4. The van der Waals surface area contributed by atoms with Crippen LogP contribution in [0, 0.1) is 18.3 Å². The van der Waals surface area contributed by atoms with E-state index in [0.29, 0.717) is 5.84 Å². The normalized spacial score (nSPS) is 19.7. The van der Waals surface area contributed by atoms with Crippen LogP contribution in [0.15, 0.2) is 214 Å². The van der Waals surface area contributed by atoms with E-state index in [9.17, 15) is 0 Å². The topological polar surface area (TPSA) is 24.7 Å². The summed E-state index contributed by atoms with van der Waals surface area (Å²) < 4.78 is 2.39. The summed E-state index contributed by atoms with van der Waals surface area (Å²) in [6, 6.07) is 43.2. The molecule has 1 aliphatic heterocycles. The monoisotopic (exact) mass is 806 g/mol. The van der Waals surface area contributed by atoms with E-state index in [1.54, 1.807) is 11.3 Å². The number of thiophene rings is 1. The van der Waals surface area contributed by atoms with E-state index in [1.165, 1.54) is 48.4 Å². The molecular weight excluding hydrogens is 757 g/mol. The van der Waals surface area contributed by atoms with Gasteiger partial charge in [-0.3, -0.25) is 0 Å². The summed E-state index contributed by atoms with van der Waals surface area (Å²) in [5.74, 6) is 3.85. The first-order valence-electron chi connectivity index (χ1n) is 21.1. The minimum absolute atomic E-state index is 0.161. The number of hydrogen-bond donors (Lipinski definition) is 0. The number of hydrogen-bond acceptors (Lipinski definition) is 3. The number of aliphatic imine (C=N–C) groups is 2. The maximum absolute atomic E-state index is 6.20. The molecule has 8 rings (SSSR count). The molecule has 0 bridgehead atoms. The van der Waals surface area contributed by atoms with Gasteiger partial charge in [-0.05, 0) is 127 Å². The minimum atomic E-state index is 0.161. The zero-order chi connectivity index (χ0) is 42.3. The van der Waals surface area contributed by atoms with Crippen molar-refractivity contribution in [2.24, 2.45) is 15.9 Å². The van der Waals surface area contributed by atoms with Crippen molar-refractivity contribution in [2.75, 3.05) is 0 Å². The van der Waals surface area contributed by atoms with E-state index >= 15 is 0 Å². The Balaban J connectivity index is 1.24. The third-order valence-corrected chi connectivity index (χ3v) is 12.7. The molecule has 5 aromatic carbocycles. The molecule has 0 saturated heterocycles. The van der Waals surface area contributed by atoms with Gasteiger partial charge in [-0.25, -0.2) is 9.98 Å². The van der Waals surface area contributed by atoms with Crippen LogP contribution < -0.4 is 0 Å². The third-order valence-electron chi connectivity index (χ3n) is 11.6. The van der Waals surface area contributed by atoms with Gasteiger partial charge in [0.15, 0.2) is 5.84 Å². The van der Waals surface area contributed by atoms with Crippen molar-refractivity contribution in [1.29, 1.82) is 0 Å². The smallest absolute Gasteiger partial charge is 0.160 e. The zero-order valence-electron chi connectivity index (χ0n) is 35.6. The lowest BCUT2D eigenvalue weighted by Crippen LogP contribution is -2.18. The van der Waals surface area contributed by atoms with Crippen molar-refractivity contribution in [1.82, 2.24) is 0 Å². The molecule has 0 saturated carbocycles. The fourth-order valence-electron chi connectivity index (χ4n) is 8.16. The Morgan fingerprint density at radius 1 is 0.754 bits per heavy atom. The number of terminal acetylenes is 1. The largest absolute Gasteiger partial charge is 0.232 e. The molecule has 61 heavy (non-hydrogen) atoms. The molecule has 2 aliphatic rings. The summed E-state index contributed by atoms with van der Waals surface area (Å²) in [6.45, 7) is 10.8. The van der Waals surface area contributed by atoms with Gasteiger partial charge >= 0.3 is 0 Å². The van der Waals surface area contributed by atoms with Crippen LogP contribution in [0.1, 0.15) is 69.7 Å². The maximum Gasteiger partial charge on any atom is 0.160 e. The van der Waals surface area contributed by atoms with E-state index in [-0.39, 0.29) is 5.92 Å². The summed E-state index contributed by atoms with van der Waals surface area (Å²) in [7, 11) is 0. The van der Waals surface area contributed by atoms with Gasteiger partial charge in [0.25, 0.3) is 0 Å². The van der Waals surface area contributed by atoms with Crippen LogP contribution in [-0.2, 0) is 0 Å². The van der Waals surface area contributed by atoms with Gasteiger partial charge in [-0.2, -0.15) is 0 Å². The second-order valence-corrected chi connectivity index (χ2v) is 16.9. The molecule has 0 N–H and O–H groups in total. The van der Waals surface area contributed by atoms with Gasteiger partial charge in [0, 0.05) is 37.2 Å². The predicted octanol–water partition coefficient (Wildman–Crippen LogP) is 15.7. The van der Waals surface area contributed by atoms with Crippen molar-refractivity contribution in [3.8, 4) is 23.5 Å². The number of allylic oxidation sites excluding steroid dienone is 14. The van der Waals surface area contributed by atoms with Gasteiger partial charge in [0.1, 0.15) is 0 Å².